The summed E-state index contributed by atoms with van der Waals surface area (Å²) in [6.07, 6.45) is 5.47. The molecule has 4 aliphatic rings. The van der Waals surface area contributed by atoms with E-state index in [0.29, 0.717) is 30.6 Å². The van der Waals surface area contributed by atoms with Gasteiger partial charge in [-0.1, -0.05) is 72.2 Å². The summed E-state index contributed by atoms with van der Waals surface area (Å²) >= 11 is 0. The molecule has 8 atom stereocenters. The third kappa shape index (κ3) is 8.45. The van der Waals surface area contributed by atoms with Gasteiger partial charge in [-0.2, -0.15) is 0 Å². The minimum absolute atomic E-state index is 0.0269. The number of ether oxygens (including phenoxy) is 2. The summed E-state index contributed by atoms with van der Waals surface area (Å²) in [6.45, 7) is 15.8. The standard InChI is InChI=1S/C41H56N4O8S/c1-8-27-21-41(27,38(48)44-54(50,51)29-14-15-29)22-33(46)32-20-28(52-36-31-12-10-9-11-26(31)17-18-42-36)23-45(32)37(47)35(40(5,6)7)43-39(49)53-34-19-25(4)13-16-30(34)24(2)3/h8-12,17-18,24-25,27-30,32,34-35H,1,13-16,19-23H2,2-7H3,(H,43,49)(H,44,48)/t25-,27-,28-,30+,32+,34-,35-,41-/m1/s1. The molecule has 3 amide bonds. The van der Waals surface area contributed by atoms with Crippen LogP contribution < -0.4 is 14.8 Å². The van der Waals surface area contributed by atoms with E-state index >= 15 is 0 Å². The van der Waals surface area contributed by atoms with Crippen LogP contribution in [0.5, 0.6) is 5.88 Å². The fraction of sp³-hybridized carbons (Fsp3) is 0.634. The van der Waals surface area contributed by atoms with Crippen LogP contribution in [-0.4, -0.2) is 78.1 Å². The molecular formula is C41H56N4O8S. The molecule has 294 valence electrons. The molecule has 12 nitrogen and oxygen atoms in total. The van der Waals surface area contributed by atoms with Crippen LogP contribution in [0, 0.1) is 34.5 Å². The van der Waals surface area contributed by atoms with Crippen LogP contribution >= 0.6 is 0 Å². The van der Waals surface area contributed by atoms with E-state index in [9.17, 15) is 27.6 Å². The van der Waals surface area contributed by atoms with Crippen LogP contribution in [0.25, 0.3) is 10.8 Å². The van der Waals surface area contributed by atoms with E-state index < -0.39 is 73.9 Å². The van der Waals surface area contributed by atoms with Gasteiger partial charge in [-0.05, 0) is 78.7 Å². The minimum Gasteiger partial charge on any atom is -0.472 e. The average Bonchev–Trinajstić information content (AvgIpc) is 4.03. The van der Waals surface area contributed by atoms with Gasteiger partial charge in [0.2, 0.25) is 27.7 Å². The third-order valence-corrected chi connectivity index (χ3v) is 13.8. The molecule has 0 bridgehead atoms. The molecule has 54 heavy (non-hydrogen) atoms. The van der Waals surface area contributed by atoms with Gasteiger partial charge in [-0.15, -0.1) is 6.58 Å². The number of benzene rings is 1. The maximum absolute atomic E-state index is 14.7. The topological polar surface area (TPSA) is 161 Å². The molecule has 1 aromatic carbocycles. The Bertz CT molecular complexity index is 1880. The lowest BCUT2D eigenvalue weighted by molar-refractivity contribution is -0.142. The zero-order valence-electron chi connectivity index (χ0n) is 32.4. The number of nitrogens with zero attached hydrogens (tertiary/aromatic N) is 2. The van der Waals surface area contributed by atoms with Crippen molar-refractivity contribution in [1.82, 2.24) is 19.9 Å². The molecule has 3 aliphatic carbocycles. The number of rotatable bonds is 13. The van der Waals surface area contributed by atoms with Gasteiger partial charge in [0.05, 0.1) is 23.3 Å². The summed E-state index contributed by atoms with van der Waals surface area (Å²) in [5.74, 6) is -0.672. The van der Waals surface area contributed by atoms with E-state index in [2.05, 4.69) is 42.4 Å². The number of fused-ring (bicyclic) bond motifs is 1. The summed E-state index contributed by atoms with van der Waals surface area (Å²) in [5.41, 5.74) is -2.07. The molecule has 1 aromatic heterocycles. The summed E-state index contributed by atoms with van der Waals surface area (Å²) in [5, 5.41) is 3.97. The van der Waals surface area contributed by atoms with Gasteiger partial charge < -0.3 is 19.7 Å². The van der Waals surface area contributed by atoms with Crippen LogP contribution in [-0.2, 0) is 29.1 Å². The first-order chi connectivity index (χ1) is 25.4. The molecule has 4 fully saturated rings. The van der Waals surface area contributed by atoms with Gasteiger partial charge in [-0.25, -0.2) is 18.2 Å². The Morgan fingerprint density at radius 2 is 1.80 bits per heavy atom. The Labute approximate surface area is 319 Å². The number of nitrogens with one attached hydrogen (secondary N) is 2. The molecule has 13 heteroatoms. The van der Waals surface area contributed by atoms with E-state index in [4.69, 9.17) is 9.47 Å². The van der Waals surface area contributed by atoms with Gasteiger partial charge >= 0.3 is 6.09 Å². The Morgan fingerprint density at radius 1 is 1.07 bits per heavy atom. The van der Waals surface area contributed by atoms with Crippen molar-refractivity contribution in [2.75, 3.05) is 6.54 Å². The zero-order valence-corrected chi connectivity index (χ0v) is 33.2. The number of ketones is 1. The molecule has 3 saturated carbocycles. The second-order valence-electron chi connectivity index (χ2n) is 17.6. The maximum atomic E-state index is 14.7. The van der Waals surface area contributed by atoms with E-state index in [0.717, 1.165) is 30.0 Å². The molecule has 1 saturated heterocycles. The molecule has 0 radical (unpaired) electrons. The molecule has 0 spiro atoms. The monoisotopic (exact) mass is 764 g/mol. The van der Waals surface area contributed by atoms with Crippen molar-refractivity contribution in [2.24, 2.45) is 34.5 Å². The quantitative estimate of drug-likeness (QED) is 0.235. The number of aromatic nitrogens is 1. The molecule has 1 aliphatic heterocycles. The third-order valence-electron chi connectivity index (χ3n) is 12.0. The first-order valence-corrected chi connectivity index (χ1v) is 21.0. The van der Waals surface area contributed by atoms with Gasteiger partial charge in [0.15, 0.2) is 5.78 Å². The van der Waals surface area contributed by atoms with E-state index in [-0.39, 0.29) is 37.8 Å². The number of pyridine rings is 1. The average molecular weight is 765 g/mol. The van der Waals surface area contributed by atoms with Crippen LogP contribution in [0.4, 0.5) is 4.79 Å². The number of sulfonamides is 1. The van der Waals surface area contributed by atoms with Crippen molar-refractivity contribution in [1.29, 1.82) is 0 Å². The predicted octanol–water partition coefficient (Wildman–Crippen LogP) is 5.94. The number of Topliss-reactive ketones (excluding diaryl/α,β-unsaturated/α-hetero) is 1. The van der Waals surface area contributed by atoms with Crippen molar-refractivity contribution in [3.63, 3.8) is 0 Å². The second-order valence-corrected chi connectivity index (χ2v) is 19.5. The highest BCUT2D eigenvalue weighted by atomic mass is 32.2. The Hall–Kier alpha value is -4.00. The molecular weight excluding hydrogens is 709 g/mol. The van der Waals surface area contributed by atoms with E-state index in [1.807, 2.05) is 51.1 Å². The molecule has 2 aromatic rings. The lowest BCUT2D eigenvalue weighted by Crippen LogP contribution is -2.57. The minimum atomic E-state index is -3.85. The first kappa shape index (κ1) is 39.7. The van der Waals surface area contributed by atoms with Crippen molar-refractivity contribution < 1.29 is 37.1 Å². The number of hydrogen-bond acceptors (Lipinski definition) is 9. The van der Waals surface area contributed by atoms with Crippen LogP contribution in [0.2, 0.25) is 0 Å². The number of carbonyl (C=O) groups excluding carboxylic acids is 4. The number of allylic oxidation sites excluding steroid dienone is 1. The summed E-state index contributed by atoms with van der Waals surface area (Å²) in [7, 11) is -3.85. The smallest absolute Gasteiger partial charge is 0.408 e. The summed E-state index contributed by atoms with van der Waals surface area (Å²) in [6, 6.07) is 7.42. The van der Waals surface area contributed by atoms with E-state index in [1.54, 1.807) is 12.3 Å². The molecule has 6 rings (SSSR count). The van der Waals surface area contributed by atoms with Crippen LogP contribution in [0.3, 0.4) is 0 Å². The highest BCUT2D eigenvalue weighted by molar-refractivity contribution is 7.90. The second kappa shape index (κ2) is 15.3. The van der Waals surface area contributed by atoms with Crippen LogP contribution in [0.1, 0.15) is 92.9 Å². The Morgan fingerprint density at radius 3 is 2.44 bits per heavy atom. The predicted molar refractivity (Wildman–Crippen MR) is 205 cm³/mol. The fourth-order valence-corrected chi connectivity index (χ4v) is 9.82. The molecule has 0 unspecified atom stereocenters. The number of alkyl carbamates (subject to hydrolysis) is 1. The highest BCUT2D eigenvalue weighted by Gasteiger charge is 2.61. The maximum Gasteiger partial charge on any atom is 0.408 e. The van der Waals surface area contributed by atoms with Gasteiger partial charge in [-0.3, -0.25) is 19.1 Å². The summed E-state index contributed by atoms with van der Waals surface area (Å²) in [4.78, 5) is 62.3. The fourth-order valence-electron chi connectivity index (χ4n) is 8.44. The number of hydrogen-bond donors (Lipinski definition) is 2. The molecule has 2 heterocycles. The molecule has 2 N–H and O–H groups in total. The van der Waals surface area contributed by atoms with Gasteiger partial charge in [0.1, 0.15) is 18.2 Å². The number of likely N-dealkylation sites (tertiary alicyclic amines) is 1. The largest absolute Gasteiger partial charge is 0.472 e. The normalized spacial score (nSPS) is 29.0. The number of carbonyl (C=O) groups is 4. The summed E-state index contributed by atoms with van der Waals surface area (Å²) < 4.78 is 40.2. The number of amides is 3. The van der Waals surface area contributed by atoms with Crippen molar-refractivity contribution >= 4 is 44.5 Å². The van der Waals surface area contributed by atoms with Gasteiger partial charge in [0.25, 0.3) is 0 Å². The van der Waals surface area contributed by atoms with Gasteiger partial charge in [0, 0.05) is 24.4 Å². The Balaban J connectivity index is 1.26. The lowest BCUT2D eigenvalue weighted by atomic mass is 9.75. The lowest BCUT2D eigenvalue weighted by Gasteiger charge is -2.38. The first-order valence-electron chi connectivity index (χ1n) is 19.4. The van der Waals surface area contributed by atoms with Crippen molar-refractivity contribution in [3.05, 3.63) is 49.2 Å². The zero-order chi connectivity index (χ0) is 39.2. The van der Waals surface area contributed by atoms with E-state index in [1.165, 1.54) is 4.90 Å². The van der Waals surface area contributed by atoms with Crippen molar-refractivity contribution in [2.45, 2.75) is 122 Å². The van der Waals surface area contributed by atoms with Crippen molar-refractivity contribution in [3.8, 4) is 5.88 Å². The SMILES string of the molecule is C=C[C@@H]1C[C@]1(CC(=O)[C@@H]1C[C@@H](Oc2nccc3ccccc23)CN1C(=O)[C@@H](NC(=O)O[C@@H]1C[C@H](C)CC[C@H]1C(C)C)C(C)(C)C)C(=O)NS(=O)(=O)C1CC1. The van der Waals surface area contributed by atoms with Crippen LogP contribution in [0.15, 0.2) is 49.2 Å². The Kier molecular flexibility index (Phi) is 11.2. The highest BCUT2D eigenvalue weighted by Crippen LogP contribution is 2.57.